The zero-order valence-electron chi connectivity index (χ0n) is 5.74. The lowest BCUT2D eigenvalue weighted by atomic mass is 10.2. The summed E-state index contributed by atoms with van der Waals surface area (Å²) in [7, 11) is 0. The number of carbonyl (C=O) groups is 1. The van der Waals surface area contributed by atoms with E-state index >= 15 is 0 Å². The van der Waals surface area contributed by atoms with Crippen molar-refractivity contribution in [3.05, 3.63) is 23.5 Å². The van der Waals surface area contributed by atoms with Gasteiger partial charge in [-0.15, -0.1) is 5.10 Å². The summed E-state index contributed by atoms with van der Waals surface area (Å²) in [6.07, 6.45) is -1.86. The van der Waals surface area contributed by atoms with Crippen LogP contribution in [-0.4, -0.2) is 21.3 Å². The lowest BCUT2D eigenvalue weighted by molar-refractivity contribution is 0.0681. The Hall–Kier alpha value is -1.59. The second kappa shape index (κ2) is 3.21. The number of carboxylic acids is 1. The number of hydrogen-bond acceptors (Lipinski definition) is 3. The van der Waals surface area contributed by atoms with Crippen LogP contribution in [0.4, 0.5) is 8.78 Å². The molecule has 0 amide bonds. The molecule has 0 saturated heterocycles. The van der Waals surface area contributed by atoms with E-state index in [-0.39, 0.29) is 0 Å². The highest BCUT2D eigenvalue weighted by Crippen LogP contribution is 2.18. The standard InChI is InChI=1S/C6H4F2N2O2/c7-5(8)4-3(6(11)12)1-2-9-10-4/h1-2,5H,(H,11,12). The number of rotatable bonds is 2. The summed E-state index contributed by atoms with van der Waals surface area (Å²) in [5, 5.41) is 14.6. The van der Waals surface area contributed by atoms with Gasteiger partial charge in [0.1, 0.15) is 5.69 Å². The number of carboxylic acid groups (broad SMARTS) is 1. The minimum atomic E-state index is -2.91. The third-order valence-corrected chi connectivity index (χ3v) is 1.19. The van der Waals surface area contributed by atoms with E-state index < -0.39 is 23.7 Å². The van der Waals surface area contributed by atoms with Crippen LogP contribution < -0.4 is 0 Å². The molecule has 12 heavy (non-hydrogen) atoms. The largest absolute Gasteiger partial charge is 0.478 e. The van der Waals surface area contributed by atoms with Crippen molar-refractivity contribution in [3.63, 3.8) is 0 Å². The molecule has 1 rings (SSSR count). The minimum absolute atomic E-state index is 0.514. The van der Waals surface area contributed by atoms with Crippen molar-refractivity contribution in [2.45, 2.75) is 6.43 Å². The highest BCUT2D eigenvalue weighted by Gasteiger charge is 2.19. The lowest BCUT2D eigenvalue weighted by Crippen LogP contribution is -2.05. The van der Waals surface area contributed by atoms with E-state index in [9.17, 15) is 13.6 Å². The molecule has 0 radical (unpaired) electrons. The molecule has 0 aromatic carbocycles. The van der Waals surface area contributed by atoms with Gasteiger partial charge in [0, 0.05) is 0 Å². The quantitative estimate of drug-likeness (QED) is 0.729. The predicted octanol–water partition coefficient (Wildman–Crippen LogP) is 1.11. The first-order valence-corrected chi connectivity index (χ1v) is 2.96. The van der Waals surface area contributed by atoms with Crippen LogP contribution in [0.3, 0.4) is 0 Å². The molecule has 0 unspecified atom stereocenters. The van der Waals surface area contributed by atoms with E-state index in [0.29, 0.717) is 0 Å². The number of halogens is 2. The van der Waals surface area contributed by atoms with Gasteiger partial charge in [-0.05, 0) is 6.07 Å². The molecule has 0 aliphatic rings. The minimum Gasteiger partial charge on any atom is -0.478 e. The Bertz CT molecular complexity index is 303. The Labute approximate surface area is 65.9 Å². The molecule has 1 aromatic heterocycles. The summed E-state index contributed by atoms with van der Waals surface area (Å²) in [5.74, 6) is -1.43. The predicted molar refractivity (Wildman–Crippen MR) is 33.9 cm³/mol. The van der Waals surface area contributed by atoms with E-state index in [1.54, 1.807) is 0 Å². The molecule has 0 bridgehead atoms. The second-order valence-electron chi connectivity index (χ2n) is 1.94. The van der Waals surface area contributed by atoms with Crippen LogP contribution in [0, 0.1) is 0 Å². The highest BCUT2D eigenvalue weighted by molar-refractivity contribution is 5.88. The van der Waals surface area contributed by atoms with Gasteiger partial charge in [-0.1, -0.05) is 0 Å². The monoisotopic (exact) mass is 174 g/mol. The Morgan fingerprint density at radius 1 is 1.58 bits per heavy atom. The maximum absolute atomic E-state index is 12.0. The van der Waals surface area contributed by atoms with Gasteiger partial charge in [0.15, 0.2) is 0 Å². The van der Waals surface area contributed by atoms with Crippen LogP contribution in [-0.2, 0) is 0 Å². The van der Waals surface area contributed by atoms with E-state index in [4.69, 9.17) is 5.11 Å². The van der Waals surface area contributed by atoms with Gasteiger partial charge in [0.2, 0.25) is 0 Å². The molecule has 4 nitrogen and oxygen atoms in total. The summed E-state index contributed by atoms with van der Waals surface area (Å²) in [4.78, 5) is 10.3. The Kier molecular flexibility index (Phi) is 2.27. The molecule has 64 valence electrons. The fourth-order valence-electron chi connectivity index (χ4n) is 0.685. The number of alkyl halides is 2. The zero-order chi connectivity index (χ0) is 9.14. The van der Waals surface area contributed by atoms with Crippen molar-refractivity contribution in [3.8, 4) is 0 Å². The van der Waals surface area contributed by atoms with Crippen molar-refractivity contribution in [2.24, 2.45) is 0 Å². The van der Waals surface area contributed by atoms with Crippen molar-refractivity contribution < 1.29 is 18.7 Å². The summed E-state index contributed by atoms with van der Waals surface area (Å²) in [5.41, 5.74) is -1.31. The lowest BCUT2D eigenvalue weighted by Gasteiger charge is -2.00. The normalized spacial score (nSPS) is 10.2. The van der Waals surface area contributed by atoms with Crippen molar-refractivity contribution in [2.75, 3.05) is 0 Å². The van der Waals surface area contributed by atoms with Gasteiger partial charge in [-0.2, -0.15) is 5.10 Å². The van der Waals surface area contributed by atoms with Crippen LogP contribution in [0.25, 0.3) is 0 Å². The molecule has 0 aliphatic carbocycles. The number of nitrogens with zero attached hydrogens (tertiary/aromatic N) is 2. The topological polar surface area (TPSA) is 63.1 Å². The molecular formula is C6H4F2N2O2. The number of aromatic nitrogens is 2. The van der Waals surface area contributed by atoms with Crippen molar-refractivity contribution >= 4 is 5.97 Å². The smallest absolute Gasteiger partial charge is 0.337 e. The molecule has 1 heterocycles. The van der Waals surface area contributed by atoms with Gasteiger partial charge < -0.3 is 5.11 Å². The van der Waals surface area contributed by atoms with Crippen LogP contribution in [0.5, 0.6) is 0 Å². The van der Waals surface area contributed by atoms with Crippen molar-refractivity contribution in [1.29, 1.82) is 0 Å². The molecule has 0 fully saturated rings. The Morgan fingerprint density at radius 2 is 2.25 bits per heavy atom. The maximum atomic E-state index is 12.0. The molecule has 0 saturated carbocycles. The third-order valence-electron chi connectivity index (χ3n) is 1.19. The van der Waals surface area contributed by atoms with Crippen LogP contribution >= 0.6 is 0 Å². The second-order valence-corrected chi connectivity index (χ2v) is 1.94. The molecular weight excluding hydrogens is 170 g/mol. The van der Waals surface area contributed by atoms with E-state index in [1.807, 2.05) is 0 Å². The van der Waals surface area contributed by atoms with Crippen molar-refractivity contribution in [1.82, 2.24) is 10.2 Å². The van der Waals surface area contributed by atoms with E-state index in [0.717, 1.165) is 12.3 Å². The molecule has 0 aliphatic heterocycles. The zero-order valence-corrected chi connectivity index (χ0v) is 5.74. The third kappa shape index (κ3) is 1.52. The average molecular weight is 174 g/mol. The van der Waals surface area contributed by atoms with Gasteiger partial charge in [0.05, 0.1) is 11.8 Å². The van der Waals surface area contributed by atoms with Crippen LogP contribution in [0.1, 0.15) is 22.5 Å². The SMILES string of the molecule is O=C(O)c1ccnnc1C(F)F. The molecule has 6 heteroatoms. The van der Waals surface area contributed by atoms with Gasteiger partial charge in [-0.3, -0.25) is 0 Å². The highest BCUT2D eigenvalue weighted by atomic mass is 19.3. The summed E-state index contributed by atoms with van der Waals surface area (Å²) >= 11 is 0. The molecule has 1 N–H and O–H groups in total. The summed E-state index contributed by atoms with van der Waals surface area (Å²) in [6, 6.07) is 0.983. The molecule has 0 spiro atoms. The van der Waals surface area contributed by atoms with Gasteiger partial charge >= 0.3 is 5.97 Å². The first-order valence-electron chi connectivity index (χ1n) is 2.96. The van der Waals surface area contributed by atoms with Crippen LogP contribution in [0.15, 0.2) is 12.3 Å². The Balaban J connectivity index is 3.17. The first-order chi connectivity index (χ1) is 5.63. The fourth-order valence-corrected chi connectivity index (χ4v) is 0.685. The van der Waals surface area contributed by atoms with Gasteiger partial charge in [0.25, 0.3) is 6.43 Å². The summed E-state index contributed by atoms with van der Waals surface area (Å²) < 4.78 is 24.0. The molecule has 0 atom stereocenters. The Morgan fingerprint density at radius 3 is 2.67 bits per heavy atom. The first kappa shape index (κ1) is 8.51. The van der Waals surface area contributed by atoms with E-state index in [1.165, 1.54) is 0 Å². The maximum Gasteiger partial charge on any atom is 0.337 e. The van der Waals surface area contributed by atoms with Gasteiger partial charge in [-0.25, -0.2) is 13.6 Å². The summed E-state index contributed by atoms with van der Waals surface area (Å²) in [6.45, 7) is 0. The van der Waals surface area contributed by atoms with E-state index in [2.05, 4.69) is 10.2 Å². The van der Waals surface area contributed by atoms with Crippen LogP contribution in [0.2, 0.25) is 0 Å². The number of hydrogen-bond donors (Lipinski definition) is 1. The fraction of sp³-hybridized carbons (Fsp3) is 0.167. The number of aromatic carboxylic acids is 1. The molecule has 1 aromatic rings. The average Bonchev–Trinajstić information content (AvgIpc) is 2.04.